The predicted octanol–water partition coefficient (Wildman–Crippen LogP) is 16.0. The van der Waals surface area contributed by atoms with Crippen molar-refractivity contribution >= 4 is 65.9 Å². The summed E-state index contributed by atoms with van der Waals surface area (Å²) in [6.45, 7) is 0. The number of anilines is 3. The van der Waals surface area contributed by atoms with E-state index in [0.717, 1.165) is 45.2 Å². The summed E-state index contributed by atoms with van der Waals surface area (Å²) in [6, 6.07) is 66.5. The molecule has 0 radical (unpaired) electrons. The van der Waals surface area contributed by atoms with Gasteiger partial charge in [0.25, 0.3) is 0 Å². The van der Waals surface area contributed by atoms with Gasteiger partial charge in [0.05, 0.1) is 11.2 Å². The average molecular weight is 763 g/mol. The first-order valence-corrected chi connectivity index (χ1v) is 20.8. The molecule has 2 nitrogen and oxygen atoms in total. The zero-order valence-electron chi connectivity index (χ0n) is 32.9. The van der Waals surface area contributed by atoms with Crippen molar-refractivity contribution in [1.29, 1.82) is 0 Å². The third-order valence-corrected chi connectivity index (χ3v) is 12.4. The van der Waals surface area contributed by atoms with Crippen molar-refractivity contribution < 1.29 is 0 Å². The van der Waals surface area contributed by atoms with Gasteiger partial charge in [-0.25, -0.2) is 0 Å². The molecule has 12 rings (SSSR count). The molecular formula is C58H38N2. The van der Waals surface area contributed by atoms with E-state index in [2.05, 4.69) is 211 Å². The number of nitrogens with zero attached hydrogens (tertiary/aromatic N) is 2. The zero-order chi connectivity index (χ0) is 39.6. The highest BCUT2D eigenvalue weighted by Gasteiger charge is 2.31. The molecule has 2 aliphatic rings. The molecule has 1 aromatic heterocycles. The summed E-state index contributed by atoms with van der Waals surface area (Å²) in [5.74, 6) is 0. The number of rotatable bonds is 6. The van der Waals surface area contributed by atoms with Gasteiger partial charge in [-0.15, -0.1) is 0 Å². The van der Waals surface area contributed by atoms with Gasteiger partial charge in [0.2, 0.25) is 0 Å². The number of allylic oxidation sites excluding steroid dienone is 6. The highest BCUT2D eigenvalue weighted by Crippen LogP contribution is 2.58. The summed E-state index contributed by atoms with van der Waals surface area (Å²) in [4.78, 5) is 7.18. The van der Waals surface area contributed by atoms with Crippen molar-refractivity contribution in [2.24, 2.45) is 0 Å². The van der Waals surface area contributed by atoms with Crippen LogP contribution in [0.25, 0.3) is 93.3 Å². The highest BCUT2D eigenvalue weighted by atomic mass is 15.1. The largest absolute Gasteiger partial charge is 0.310 e. The lowest BCUT2D eigenvalue weighted by Gasteiger charge is -2.27. The molecule has 0 atom stereocenters. The van der Waals surface area contributed by atoms with Gasteiger partial charge in [0.1, 0.15) is 0 Å². The Bertz CT molecular complexity index is 3430. The molecule has 10 aromatic rings. The molecule has 0 saturated carbocycles. The van der Waals surface area contributed by atoms with Crippen molar-refractivity contribution in [3.63, 3.8) is 0 Å². The topological polar surface area (TPSA) is 16.1 Å². The Morgan fingerprint density at radius 2 is 1.08 bits per heavy atom. The van der Waals surface area contributed by atoms with E-state index in [1.54, 1.807) is 0 Å². The van der Waals surface area contributed by atoms with Crippen LogP contribution in [0.4, 0.5) is 17.1 Å². The van der Waals surface area contributed by atoms with E-state index < -0.39 is 0 Å². The van der Waals surface area contributed by atoms with E-state index in [1.165, 1.54) is 77.2 Å². The minimum Gasteiger partial charge on any atom is -0.310 e. The summed E-state index contributed by atoms with van der Waals surface area (Å²) in [5, 5.41) is 8.56. The second-order valence-corrected chi connectivity index (χ2v) is 15.7. The van der Waals surface area contributed by atoms with Crippen LogP contribution in [0.1, 0.15) is 12.0 Å². The first-order chi connectivity index (χ1) is 29.8. The van der Waals surface area contributed by atoms with Crippen LogP contribution < -0.4 is 4.90 Å². The quantitative estimate of drug-likeness (QED) is 0.157. The van der Waals surface area contributed by atoms with Gasteiger partial charge in [0, 0.05) is 33.7 Å². The van der Waals surface area contributed by atoms with Crippen molar-refractivity contribution in [3.8, 4) is 44.5 Å². The fourth-order valence-corrected chi connectivity index (χ4v) is 9.88. The third kappa shape index (κ3) is 5.31. The summed E-state index contributed by atoms with van der Waals surface area (Å²) in [6.07, 6.45) is 14.2. The fraction of sp³-hybridized carbons (Fsp3) is 0.0172. The van der Waals surface area contributed by atoms with Crippen LogP contribution in [-0.4, -0.2) is 4.98 Å². The van der Waals surface area contributed by atoms with Crippen molar-refractivity contribution in [1.82, 2.24) is 4.98 Å². The molecule has 0 unspecified atom stereocenters. The smallest absolute Gasteiger partial charge is 0.0781 e. The Balaban J connectivity index is 1.06. The first kappa shape index (κ1) is 34.3. The third-order valence-electron chi connectivity index (χ3n) is 12.4. The van der Waals surface area contributed by atoms with Gasteiger partial charge in [-0.3, -0.25) is 4.98 Å². The van der Waals surface area contributed by atoms with Crippen LogP contribution in [-0.2, 0) is 0 Å². The van der Waals surface area contributed by atoms with Gasteiger partial charge in [-0.2, -0.15) is 0 Å². The summed E-state index contributed by atoms with van der Waals surface area (Å²) >= 11 is 0. The van der Waals surface area contributed by atoms with Gasteiger partial charge >= 0.3 is 0 Å². The lowest BCUT2D eigenvalue weighted by atomic mass is 9.82. The lowest BCUT2D eigenvalue weighted by Crippen LogP contribution is -2.10. The molecule has 9 aromatic carbocycles. The number of benzene rings is 9. The fourth-order valence-electron chi connectivity index (χ4n) is 9.88. The molecule has 0 saturated heterocycles. The van der Waals surface area contributed by atoms with E-state index in [0.29, 0.717) is 0 Å². The van der Waals surface area contributed by atoms with E-state index in [-0.39, 0.29) is 0 Å². The predicted molar refractivity (Wildman–Crippen MR) is 255 cm³/mol. The standard InChI is InChI=1S/C58H38N2/c1-2-6-18-39(17-5-1)53-47-25-12-13-26-48(47)54(40-19-7-3-8-20-40)57-51-35-34-44(46-28-15-29-50(55(46)51)56(53)57)38-30-32-43(33-31-38)60(42-22-9-4-10-23-42)52-37-41-21-16-36-59-58(41)49-27-14-11-24-45(49)52/h1,3-37H,2H2. The van der Waals surface area contributed by atoms with Gasteiger partial charge in [-0.1, -0.05) is 176 Å². The van der Waals surface area contributed by atoms with E-state index >= 15 is 0 Å². The molecule has 0 spiro atoms. The van der Waals surface area contributed by atoms with Crippen LogP contribution in [0.2, 0.25) is 0 Å². The second-order valence-electron chi connectivity index (χ2n) is 15.7. The molecule has 0 fully saturated rings. The number of hydrogen-bond donors (Lipinski definition) is 0. The monoisotopic (exact) mass is 762 g/mol. The maximum absolute atomic E-state index is 4.79. The minimum atomic E-state index is 0.930. The summed E-state index contributed by atoms with van der Waals surface area (Å²) in [7, 11) is 0. The number of pyridine rings is 1. The van der Waals surface area contributed by atoms with Crippen LogP contribution in [0.15, 0.2) is 219 Å². The number of aromatic nitrogens is 1. The Labute approximate surface area is 349 Å². The van der Waals surface area contributed by atoms with Crippen molar-refractivity contribution in [2.45, 2.75) is 6.42 Å². The second kappa shape index (κ2) is 13.9. The van der Waals surface area contributed by atoms with Crippen LogP contribution >= 0.6 is 0 Å². The zero-order valence-corrected chi connectivity index (χ0v) is 32.9. The molecule has 2 aliphatic carbocycles. The molecule has 1 heterocycles. The summed E-state index contributed by atoms with van der Waals surface area (Å²) < 4.78 is 0. The Morgan fingerprint density at radius 3 is 1.90 bits per heavy atom. The molecule has 280 valence electrons. The molecule has 0 N–H and O–H groups in total. The highest BCUT2D eigenvalue weighted by molar-refractivity contribution is 6.27. The van der Waals surface area contributed by atoms with E-state index in [4.69, 9.17) is 4.98 Å². The van der Waals surface area contributed by atoms with Crippen molar-refractivity contribution in [2.75, 3.05) is 4.90 Å². The molecule has 0 amide bonds. The first-order valence-electron chi connectivity index (χ1n) is 20.8. The maximum atomic E-state index is 4.79. The van der Waals surface area contributed by atoms with E-state index in [9.17, 15) is 0 Å². The Morgan fingerprint density at radius 1 is 0.433 bits per heavy atom. The summed E-state index contributed by atoms with van der Waals surface area (Å²) in [5.41, 5.74) is 17.1. The van der Waals surface area contributed by atoms with Crippen molar-refractivity contribution in [3.05, 3.63) is 224 Å². The number of para-hydroxylation sites is 1. The molecule has 2 heteroatoms. The molecular weight excluding hydrogens is 725 g/mol. The van der Waals surface area contributed by atoms with Crippen LogP contribution in [0.3, 0.4) is 0 Å². The molecule has 0 bridgehead atoms. The SMILES string of the molecule is C1=CCC=CC(c2c3c(c(-c4ccccc4)c4ccccc24)-c2ccc(-c4ccc(N(c5ccccc5)c5cc6cccnc6c6ccccc56)cc4)c4cccc-3c24)=C1. The normalized spacial score (nSPS) is 12.9. The lowest BCUT2D eigenvalue weighted by molar-refractivity contribution is 1.30. The van der Waals surface area contributed by atoms with Gasteiger partial charge in [0.15, 0.2) is 0 Å². The Kier molecular flexibility index (Phi) is 7.96. The average Bonchev–Trinajstić information content (AvgIpc) is 3.43. The van der Waals surface area contributed by atoms with E-state index in [1.807, 2.05) is 12.3 Å². The van der Waals surface area contributed by atoms with Gasteiger partial charge in [-0.05, 0) is 120 Å². The van der Waals surface area contributed by atoms with Crippen LogP contribution in [0.5, 0.6) is 0 Å². The number of fused-ring (bicyclic) bond motifs is 7. The van der Waals surface area contributed by atoms with Gasteiger partial charge < -0.3 is 4.90 Å². The number of hydrogen-bond acceptors (Lipinski definition) is 2. The molecule has 60 heavy (non-hydrogen) atoms. The minimum absolute atomic E-state index is 0.930. The maximum Gasteiger partial charge on any atom is 0.0781 e. The Hall–Kier alpha value is -7.81. The van der Waals surface area contributed by atoms with Crippen LogP contribution in [0, 0.1) is 0 Å². The molecule has 0 aliphatic heterocycles.